The van der Waals surface area contributed by atoms with Gasteiger partial charge in [-0.2, -0.15) is 0 Å². The molecule has 1 heterocycles. The first-order valence-electron chi connectivity index (χ1n) is 6.98. The number of hydrogen-bond donors (Lipinski definition) is 2. The highest BCUT2D eigenvalue weighted by Gasteiger charge is 2.36. The van der Waals surface area contributed by atoms with Gasteiger partial charge in [0.15, 0.2) is 6.04 Å². The van der Waals surface area contributed by atoms with E-state index in [4.69, 9.17) is 9.84 Å². The monoisotopic (exact) mass is 300 g/mol. The lowest BCUT2D eigenvalue weighted by Crippen LogP contribution is -2.57. The highest BCUT2D eigenvalue weighted by molar-refractivity contribution is 5.84. The average molecular weight is 300 g/mol. The van der Waals surface area contributed by atoms with E-state index in [1.54, 1.807) is 0 Å². The molecule has 8 heteroatoms. The van der Waals surface area contributed by atoms with Gasteiger partial charge in [-0.1, -0.05) is 0 Å². The van der Waals surface area contributed by atoms with Crippen LogP contribution in [0, 0.1) is 5.92 Å². The lowest BCUT2D eigenvalue weighted by Gasteiger charge is -2.34. The number of carboxylic acid groups (broad SMARTS) is 1. The van der Waals surface area contributed by atoms with Crippen LogP contribution in [0.3, 0.4) is 0 Å². The maximum atomic E-state index is 12.3. The van der Waals surface area contributed by atoms with E-state index >= 15 is 0 Å². The SMILES string of the molecule is COC(=O)C1COCCN1C(=O)NC1CCC(C(=O)O)C1. The third-order valence-corrected chi connectivity index (χ3v) is 3.97. The Morgan fingerprint density at radius 3 is 2.71 bits per heavy atom. The van der Waals surface area contributed by atoms with E-state index in [1.807, 2.05) is 0 Å². The van der Waals surface area contributed by atoms with Gasteiger partial charge in [-0.15, -0.1) is 0 Å². The number of amides is 2. The predicted molar refractivity (Wildman–Crippen MR) is 70.6 cm³/mol. The summed E-state index contributed by atoms with van der Waals surface area (Å²) in [7, 11) is 1.27. The number of carboxylic acids is 1. The quantitative estimate of drug-likeness (QED) is 0.701. The minimum atomic E-state index is -0.828. The summed E-state index contributed by atoms with van der Waals surface area (Å²) in [6, 6.07) is -1.29. The van der Waals surface area contributed by atoms with Crippen molar-refractivity contribution < 1.29 is 29.0 Å². The molecule has 1 aliphatic carbocycles. The summed E-state index contributed by atoms with van der Waals surface area (Å²) < 4.78 is 9.87. The van der Waals surface area contributed by atoms with Crippen LogP contribution in [0.2, 0.25) is 0 Å². The summed E-state index contributed by atoms with van der Waals surface area (Å²) in [5.74, 6) is -1.75. The number of nitrogens with one attached hydrogen (secondary N) is 1. The number of carbonyl (C=O) groups excluding carboxylic acids is 2. The molecule has 2 aliphatic rings. The van der Waals surface area contributed by atoms with Crippen molar-refractivity contribution in [3.8, 4) is 0 Å². The van der Waals surface area contributed by atoms with Crippen LogP contribution >= 0.6 is 0 Å². The molecule has 2 fully saturated rings. The minimum absolute atomic E-state index is 0.114. The molecule has 3 unspecified atom stereocenters. The van der Waals surface area contributed by atoms with E-state index in [1.165, 1.54) is 12.0 Å². The molecular formula is C13H20N2O6. The van der Waals surface area contributed by atoms with E-state index in [0.717, 1.165) is 0 Å². The highest BCUT2D eigenvalue weighted by atomic mass is 16.5. The second kappa shape index (κ2) is 6.75. The summed E-state index contributed by atoms with van der Waals surface area (Å²) in [6.07, 6.45) is 1.62. The molecule has 1 aliphatic heterocycles. The molecule has 0 aromatic carbocycles. The lowest BCUT2D eigenvalue weighted by atomic mass is 10.1. The van der Waals surface area contributed by atoms with E-state index in [9.17, 15) is 14.4 Å². The fourth-order valence-corrected chi connectivity index (χ4v) is 2.77. The Hall–Kier alpha value is -1.83. The zero-order chi connectivity index (χ0) is 15.4. The maximum Gasteiger partial charge on any atom is 0.331 e. The molecule has 2 rings (SSSR count). The second-order valence-corrected chi connectivity index (χ2v) is 5.30. The molecular weight excluding hydrogens is 280 g/mol. The molecule has 21 heavy (non-hydrogen) atoms. The Labute approximate surface area is 122 Å². The number of urea groups is 1. The number of ether oxygens (including phenoxy) is 2. The van der Waals surface area contributed by atoms with Crippen LogP contribution < -0.4 is 5.32 Å². The number of hydrogen-bond acceptors (Lipinski definition) is 5. The van der Waals surface area contributed by atoms with E-state index in [-0.39, 0.29) is 18.7 Å². The van der Waals surface area contributed by atoms with Crippen LogP contribution in [0.5, 0.6) is 0 Å². The first-order chi connectivity index (χ1) is 10.0. The van der Waals surface area contributed by atoms with Crippen LogP contribution in [0.4, 0.5) is 4.79 Å². The van der Waals surface area contributed by atoms with Gasteiger partial charge < -0.3 is 24.8 Å². The summed E-state index contributed by atoms with van der Waals surface area (Å²) in [5, 5.41) is 11.8. The Morgan fingerprint density at radius 2 is 2.10 bits per heavy atom. The minimum Gasteiger partial charge on any atom is -0.481 e. The van der Waals surface area contributed by atoms with E-state index in [0.29, 0.717) is 32.4 Å². The number of methoxy groups -OCH3 is 1. The Balaban J connectivity index is 1.92. The predicted octanol–water partition coefficient (Wildman–Crippen LogP) is -0.177. The summed E-state index contributed by atoms with van der Waals surface area (Å²) in [4.78, 5) is 36.2. The first kappa shape index (κ1) is 15.6. The van der Waals surface area contributed by atoms with Gasteiger partial charge in [0.05, 0.1) is 26.2 Å². The van der Waals surface area contributed by atoms with E-state index in [2.05, 4.69) is 10.1 Å². The number of carbonyl (C=O) groups is 3. The summed E-state index contributed by atoms with van der Waals surface area (Å²) in [5.41, 5.74) is 0. The number of rotatable bonds is 3. The third-order valence-electron chi connectivity index (χ3n) is 3.97. The van der Waals surface area contributed by atoms with Crippen LogP contribution in [0.15, 0.2) is 0 Å². The van der Waals surface area contributed by atoms with Crippen LogP contribution in [0.25, 0.3) is 0 Å². The molecule has 118 valence electrons. The first-order valence-corrected chi connectivity index (χ1v) is 6.98. The highest BCUT2D eigenvalue weighted by Crippen LogP contribution is 2.26. The fourth-order valence-electron chi connectivity index (χ4n) is 2.77. The van der Waals surface area contributed by atoms with Crippen molar-refractivity contribution in [3.05, 3.63) is 0 Å². The number of morpholine rings is 1. The lowest BCUT2D eigenvalue weighted by molar-refractivity contribution is -0.151. The standard InChI is InChI=1S/C13H20N2O6/c1-20-12(18)10-7-21-5-4-15(10)13(19)14-9-3-2-8(6-9)11(16)17/h8-10H,2-7H2,1H3,(H,14,19)(H,16,17). The Morgan fingerprint density at radius 1 is 1.33 bits per heavy atom. The van der Waals surface area contributed by atoms with Gasteiger partial charge in [-0.25, -0.2) is 9.59 Å². The van der Waals surface area contributed by atoms with Crippen LogP contribution in [0.1, 0.15) is 19.3 Å². The molecule has 0 bridgehead atoms. The van der Waals surface area contributed by atoms with Crippen LogP contribution in [-0.4, -0.2) is 66.9 Å². The van der Waals surface area contributed by atoms with Crippen molar-refractivity contribution in [2.75, 3.05) is 26.9 Å². The Bertz CT molecular complexity index is 427. The largest absolute Gasteiger partial charge is 0.481 e. The van der Waals surface area contributed by atoms with Gasteiger partial charge in [0.25, 0.3) is 0 Å². The zero-order valence-electron chi connectivity index (χ0n) is 11.9. The van der Waals surface area contributed by atoms with Gasteiger partial charge in [0, 0.05) is 12.6 Å². The molecule has 2 amide bonds. The van der Waals surface area contributed by atoms with Crippen molar-refractivity contribution in [1.82, 2.24) is 10.2 Å². The maximum absolute atomic E-state index is 12.3. The van der Waals surface area contributed by atoms with Crippen molar-refractivity contribution in [2.45, 2.75) is 31.3 Å². The second-order valence-electron chi connectivity index (χ2n) is 5.30. The molecule has 0 aromatic rings. The molecule has 0 spiro atoms. The van der Waals surface area contributed by atoms with E-state index < -0.39 is 23.9 Å². The summed E-state index contributed by atoms with van der Waals surface area (Å²) in [6.45, 7) is 0.784. The molecule has 8 nitrogen and oxygen atoms in total. The Kier molecular flexibility index (Phi) is 5.00. The molecule has 0 radical (unpaired) electrons. The zero-order valence-corrected chi connectivity index (χ0v) is 11.9. The molecule has 1 saturated carbocycles. The van der Waals surface area contributed by atoms with Crippen molar-refractivity contribution in [3.63, 3.8) is 0 Å². The molecule has 2 N–H and O–H groups in total. The molecule has 1 saturated heterocycles. The molecule has 3 atom stereocenters. The van der Waals surface area contributed by atoms with Crippen LogP contribution in [-0.2, 0) is 19.1 Å². The summed E-state index contributed by atoms with van der Waals surface area (Å²) >= 11 is 0. The van der Waals surface area contributed by atoms with Gasteiger partial charge in [0.2, 0.25) is 0 Å². The number of esters is 1. The average Bonchev–Trinajstić information content (AvgIpc) is 2.95. The molecule has 0 aromatic heterocycles. The van der Waals surface area contributed by atoms with Gasteiger partial charge in [0.1, 0.15) is 0 Å². The van der Waals surface area contributed by atoms with Gasteiger partial charge >= 0.3 is 18.0 Å². The van der Waals surface area contributed by atoms with Crippen molar-refractivity contribution >= 4 is 18.0 Å². The third kappa shape index (κ3) is 3.63. The fraction of sp³-hybridized carbons (Fsp3) is 0.769. The topological polar surface area (TPSA) is 105 Å². The number of nitrogens with zero attached hydrogens (tertiary/aromatic N) is 1. The smallest absolute Gasteiger partial charge is 0.331 e. The van der Waals surface area contributed by atoms with Gasteiger partial charge in [-0.3, -0.25) is 4.79 Å². The number of aliphatic carboxylic acids is 1. The normalized spacial score (nSPS) is 29.0. The van der Waals surface area contributed by atoms with Crippen molar-refractivity contribution in [2.24, 2.45) is 5.92 Å². The van der Waals surface area contributed by atoms with Crippen molar-refractivity contribution in [1.29, 1.82) is 0 Å². The van der Waals surface area contributed by atoms with Gasteiger partial charge in [-0.05, 0) is 19.3 Å².